The molecule has 1 saturated carbocycles. The van der Waals surface area contributed by atoms with Crippen LogP contribution in [0, 0.1) is 11.8 Å². The first-order valence-corrected chi connectivity index (χ1v) is 12.5. The van der Waals surface area contributed by atoms with Gasteiger partial charge < -0.3 is 14.7 Å². The number of phosphoric ester groups is 1. The first-order chi connectivity index (χ1) is 15.2. The van der Waals surface area contributed by atoms with Crippen LogP contribution in [0.3, 0.4) is 0 Å². The van der Waals surface area contributed by atoms with Gasteiger partial charge in [-0.3, -0.25) is 13.6 Å². The van der Waals surface area contributed by atoms with Gasteiger partial charge in [0.1, 0.15) is 17.4 Å². The van der Waals surface area contributed by atoms with Crippen molar-refractivity contribution in [3.8, 4) is 5.75 Å². The predicted molar refractivity (Wildman–Crippen MR) is 123 cm³/mol. The zero-order valence-corrected chi connectivity index (χ0v) is 21.2. The fourth-order valence-corrected chi connectivity index (χ4v) is 5.95. The molecule has 1 aromatic carbocycles. The molecule has 1 heterocycles. The van der Waals surface area contributed by atoms with Gasteiger partial charge in [0.25, 0.3) is 0 Å². The quantitative estimate of drug-likeness (QED) is 0.497. The molecule has 3 unspecified atom stereocenters. The maximum Gasteiger partial charge on any atom is 0.475 e. The molecular weight excluding hydrogens is 449 g/mol. The second-order valence-electron chi connectivity index (χ2n) is 10.4. The third-order valence-corrected chi connectivity index (χ3v) is 7.21. The summed E-state index contributed by atoms with van der Waals surface area (Å²) in [7, 11) is -2.36. The molecule has 0 saturated heterocycles. The fraction of sp³-hybridized carbons (Fsp3) is 0.652. The largest absolute Gasteiger partial charge is 0.496 e. The lowest BCUT2D eigenvalue weighted by atomic mass is 9.92. The van der Waals surface area contributed by atoms with Gasteiger partial charge in [0.2, 0.25) is 0 Å². The minimum Gasteiger partial charge on any atom is -0.496 e. The summed E-state index contributed by atoms with van der Waals surface area (Å²) in [4.78, 5) is 17.2. The summed E-state index contributed by atoms with van der Waals surface area (Å²) in [6, 6.07) is 4.95. The van der Waals surface area contributed by atoms with Gasteiger partial charge in [0, 0.05) is 11.5 Å². The Hall–Kier alpha value is -1.93. The van der Waals surface area contributed by atoms with Crippen LogP contribution in [0.15, 0.2) is 23.4 Å². The average Bonchev–Trinajstić information content (AvgIpc) is 3.23. The van der Waals surface area contributed by atoms with Crippen LogP contribution in [-0.2, 0) is 23.0 Å². The number of oxime groups is 1. The number of carbonyl (C=O) groups is 1. The van der Waals surface area contributed by atoms with Crippen molar-refractivity contribution in [2.45, 2.75) is 71.7 Å². The summed E-state index contributed by atoms with van der Waals surface area (Å²) in [5.41, 5.74) is 0.0459. The number of benzene rings is 1. The number of methoxy groups -OCH3 is 1. The third kappa shape index (κ3) is 6.57. The molecule has 3 atom stereocenters. The molecule has 2 aliphatic rings. The van der Waals surface area contributed by atoms with Crippen molar-refractivity contribution in [3.63, 3.8) is 0 Å². The SMILES string of the molecule is COc1ccc(C2=NOC3CC(COP(=O)(OC(C)(C)C)OC(C)(C)C)CC23)cc1C(=O)O. The van der Waals surface area contributed by atoms with Crippen LogP contribution in [0.2, 0.25) is 0 Å². The molecule has 1 fully saturated rings. The van der Waals surface area contributed by atoms with E-state index in [4.69, 9.17) is 23.1 Å². The standard InChI is InChI=1S/C23H34NO8P/c1-22(2,3)31-33(27,32-23(4,5)6)29-13-14-10-16-19(11-14)30-24-20(16)15-8-9-18(28-7)17(12-15)21(25)26/h8-9,12,14,16,19H,10-11,13H2,1-7H3,(H,25,26). The molecule has 1 N–H and O–H groups in total. The molecule has 1 aromatic rings. The first-order valence-electron chi connectivity index (χ1n) is 11.0. The van der Waals surface area contributed by atoms with Gasteiger partial charge in [-0.2, -0.15) is 0 Å². The Morgan fingerprint density at radius 1 is 1.15 bits per heavy atom. The van der Waals surface area contributed by atoms with Gasteiger partial charge in [-0.25, -0.2) is 9.36 Å². The van der Waals surface area contributed by atoms with E-state index < -0.39 is 25.0 Å². The molecule has 0 bridgehead atoms. The van der Waals surface area contributed by atoms with Crippen LogP contribution in [-0.4, -0.2) is 47.8 Å². The van der Waals surface area contributed by atoms with E-state index in [9.17, 15) is 14.5 Å². The molecule has 1 aliphatic heterocycles. The molecule has 9 nitrogen and oxygen atoms in total. The lowest BCUT2D eigenvalue weighted by Crippen LogP contribution is -2.25. The van der Waals surface area contributed by atoms with E-state index in [1.807, 2.05) is 0 Å². The highest BCUT2D eigenvalue weighted by Gasteiger charge is 2.45. The van der Waals surface area contributed by atoms with Gasteiger partial charge in [-0.15, -0.1) is 0 Å². The number of carboxylic acid groups (broad SMARTS) is 1. The lowest BCUT2D eigenvalue weighted by molar-refractivity contribution is -0.00206. The second-order valence-corrected chi connectivity index (χ2v) is 12.0. The highest BCUT2D eigenvalue weighted by molar-refractivity contribution is 7.48. The van der Waals surface area contributed by atoms with Crippen LogP contribution >= 0.6 is 7.82 Å². The number of carboxylic acids is 1. The number of fused-ring (bicyclic) bond motifs is 1. The summed E-state index contributed by atoms with van der Waals surface area (Å²) in [6.07, 6.45) is 1.23. The van der Waals surface area contributed by atoms with E-state index in [0.717, 1.165) is 0 Å². The second kappa shape index (κ2) is 9.37. The van der Waals surface area contributed by atoms with Crippen molar-refractivity contribution in [2.24, 2.45) is 17.0 Å². The maximum absolute atomic E-state index is 13.3. The number of hydrogen-bond donors (Lipinski definition) is 1. The molecule has 0 spiro atoms. The Bertz CT molecular complexity index is 942. The van der Waals surface area contributed by atoms with Gasteiger partial charge in [-0.05, 0) is 78.5 Å². The van der Waals surface area contributed by atoms with Crippen molar-refractivity contribution in [3.05, 3.63) is 29.3 Å². The lowest BCUT2D eigenvalue weighted by Gasteiger charge is -2.31. The number of ether oxygens (including phenoxy) is 1. The molecule has 1 aliphatic carbocycles. The summed E-state index contributed by atoms with van der Waals surface area (Å²) in [5.74, 6) is -0.743. The normalized spacial score (nSPS) is 23.1. The molecule has 3 rings (SSSR count). The van der Waals surface area contributed by atoms with E-state index in [0.29, 0.717) is 24.1 Å². The summed E-state index contributed by atoms with van der Waals surface area (Å²) >= 11 is 0. The van der Waals surface area contributed by atoms with Crippen LogP contribution in [0.1, 0.15) is 70.3 Å². The average molecular weight is 483 g/mol. The Balaban J connectivity index is 1.70. The minimum absolute atomic E-state index is 0.0138. The number of aromatic carboxylic acids is 1. The van der Waals surface area contributed by atoms with Crippen LogP contribution in [0.25, 0.3) is 0 Å². The van der Waals surface area contributed by atoms with E-state index in [2.05, 4.69) is 5.16 Å². The monoisotopic (exact) mass is 483 g/mol. The minimum atomic E-state index is -3.80. The Kier molecular flexibility index (Phi) is 7.30. The molecule has 10 heteroatoms. The summed E-state index contributed by atoms with van der Waals surface area (Å²) < 4.78 is 35.6. The van der Waals surface area contributed by atoms with E-state index in [-0.39, 0.29) is 35.9 Å². The van der Waals surface area contributed by atoms with Crippen LogP contribution in [0.4, 0.5) is 0 Å². The highest BCUT2D eigenvalue weighted by Crippen LogP contribution is 2.56. The van der Waals surface area contributed by atoms with E-state index >= 15 is 0 Å². The molecule has 184 valence electrons. The topological polar surface area (TPSA) is 113 Å². The summed E-state index contributed by atoms with van der Waals surface area (Å²) in [5, 5.41) is 13.7. The zero-order chi connectivity index (χ0) is 24.6. The molecule has 0 aromatic heterocycles. The fourth-order valence-electron chi connectivity index (χ4n) is 4.07. The van der Waals surface area contributed by atoms with E-state index in [1.54, 1.807) is 59.7 Å². The Morgan fingerprint density at radius 3 is 2.33 bits per heavy atom. The van der Waals surface area contributed by atoms with Gasteiger partial charge >= 0.3 is 13.8 Å². The smallest absolute Gasteiger partial charge is 0.475 e. The number of hydrogen-bond acceptors (Lipinski definition) is 8. The Morgan fingerprint density at radius 2 is 1.79 bits per heavy atom. The van der Waals surface area contributed by atoms with Crippen LogP contribution in [0.5, 0.6) is 5.75 Å². The van der Waals surface area contributed by atoms with Crippen molar-refractivity contribution in [1.82, 2.24) is 0 Å². The maximum atomic E-state index is 13.3. The Labute approximate surface area is 195 Å². The summed E-state index contributed by atoms with van der Waals surface area (Å²) in [6.45, 7) is 11.0. The number of nitrogens with zero attached hydrogens (tertiary/aromatic N) is 1. The molecule has 0 amide bonds. The molecule has 33 heavy (non-hydrogen) atoms. The third-order valence-electron chi connectivity index (χ3n) is 5.20. The number of phosphoric acid groups is 1. The predicted octanol–water partition coefficient (Wildman–Crippen LogP) is 5.28. The van der Waals surface area contributed by atoms with Gasteiger partial charge in [0.05, 0.1) is 30.6 Å². The van der Waals surface area contributed by atoms with Gasteiger partial charge in [0.15, 0.2) is 0 Å². The molecular formula is C23H34NO8P. The van der Waals surface area contributed by atoms with Crippen molar-refractivity contribution in [1.29, 1.82) is 0 Å². The van der Waals surface area contributed by atoms with Gasteiger partial charge in [-0.1, -0.05) is 5.16 Å². The van der Waals surface area contributed by atoms with E-state index in [1.165, 1.54) is 7.11 Å². The first kappa shape index (κ1) is 25.7. The van der Waals surface area contributed by atoms with Crippen molar-refractivity contribution in [2.75, 3.05) is 13.7 Å². The zero-order valence-electron chi connectivity index (χ0n) is 20.3. The van der Waals surface area contributed by atoms with Crippen molar-refractivity contribution < 1.29 is 37.6 Å². The number of rotatable bonds is 8. The molecule has 0 radical (unpaired) electrons. The van der Waals surface area contributed by atoms with Crippen LogP contribution < -0.4 is 4.74 Å². The van der Waals surface area contributed by atoms with Crippen molar-refractivity contribution >= 4 is 19.5 Å². The highest BCUT2D eigenvalue weighted by atomic mass is 31.2.